The highest BCUT2D eigenvalue weighted by atomic mass is 16.5. The van der Waals surface area contributed by atoms with Crippen molar-refractivity contribution in [2.75, 3.05) is 19.8 Å². The van der Waals surface area contributed by atoms with Crippen molar-refractivity contribution in [1.82, 2.24) is 5.32 Å². The van der Waals surface area contributed by atoms with E-state index >= 15 is 0 Å². The molecule has 0 radical (unpaired) electrons. The van der Waals surface area contributed by atoms with Crippen molar-refractivity contribution in [1.29, 1.82) is 0 Å². The third-order valence-corrected chi connectivity index (χ3v) is 2.91. The maximum Gasteiger partial charge on any atom is 0.0809 e. The minimum atomic E-state index is 0.344. The molecule has 3 heteroatoms. The Balaban J connectivity index is 2.15. The van der Waals surface area contributed by atoms with E-state index in [4.69, 9.17) is 9.47 Å². The van der Waals surface area contributed by atoms with Crippen LogP contribution in [0, 0.1) is 0 Å². The number of hydrogen-bond donors (Lipinski definition) is 1. The minimum absolute atomic E-state index is 0.344. The van der Waals surface area contributed by atoms with Gasteiger partial charge in [0, 0.05) is 19.2 Å². The summed E-state index contributed by atoms with van der Waals surface area (Å²) >= 11 is 0. The van der Waals surface area contributed by atoms with Crippen LogP contribution < -0.4 is 5.32 Å². The molecule has 1 heterocycles. The van der Waals surface area contributed by atoms with Gasteiger partial charge in [0.2, 0.25) is 0 Å². The first-order valence-corrected chi connectivity index (χ1v) is 6.69. The van der Waals surface area contributed by atoms with Gasteiger partial charge in [0.25, 0.3) is 0 Å². The number of hydrogen-bond acceptors (Lipinski definition) is 3. The van der Waals surface area contributed by atoms with Gasteiger partial charge in [0.15, 0.2) is 0 Å². The highest BCUT2D eigenvalue weighted by Gasteiger charge is 2.18. The van der Waals surface area contributed by atoms with Crippen LogP contribution in [-0.2, 0) is 9.47 Å². The van der Waals surface area contributed by atoms with Crippen molar-refractivity contribution in [2.24, 2.45) is 0 Å². The Morgan fingerprint density at radius 2 is 2.25 bits per heavy atom. The summed E-state index contributed by atoms with van der Waals surface area (Å²) in [4.78, 5) is 0. The van der Waals surface area contributed by atoms with Crippen LogP contribution in [0.25, 0.3) is 0 Å². The Morgan fingerprint density at radius 3 is 2.81 bits per heavy atom. The summed E-state index contributed by atoms with van der Waals surface area (Å²) in [5.41, 5.74) is 0. The van der Waals surface area contributed by atoms with Crippen LogP contribution in [0.2, 0.25) is 0 Å². The van der Waals surface area contributed by atoms with Crippen LogP contribution in [-0.4, -0.2) is 38.0 Å². The van der Waals surface area contributed by atoms with Gasteiger partial charge in [-0.25, -0.2) is 0 Å². The van der Waals surface area contributed by atoms with E-state index in [2.05, 4.69) is 26.1 Å². The Bertz CT molecular complexity index is 167. The van der Waals surface area contributed by atoms with Gasteiger partial charge >= 0.3 is 0 Å². The monoisotopic (exact) mass is 229 g/mol. The lowest BCUT2D eigenvalue weighted by atomic mass is 10.2. The van der Waals surface area contributed by atoms with E-state index in [0.717, 1.165) is 32.6 Å². The minimum Gasteiger partial charge on any atom is -0.376 e. The van der Waals surface area contributed by atoms with Crippen LogP contribution in [0.3, 0.4) is 0 Å². The Morgan fingerprint density at radius 1 is 1.44 bits per heavy atom. The van der Waals surface area contributed by atoms with Gasteiger partial charge in [-0.3, -0.25) is 0 Å². The molecule has 0 saturated carbocycles. The number of ether oxygens (including phenoxy) is 2. The molecule has 1 rings (SSSR count). The van der Waals surface area contributed by atoms with Gasteiger partial charge in [-0.1, -0.05) is 27.2 Å². The quantitative estimate of drug-likeness (QED) is 0.693. The molecule has 96 valence electrons. The number of nitrogens with one attached hydrogen (secondary N) is 1. The fourth-order valence-corrected chi connectivity index (χ4v) is 1.95. The summed E-state index contributed by atoms with van der Waals surface area (Å²) in [7, 11) is 0. The molecule has 0 aromatic heterocycles. The Hall–Kier alpha value is -0.120. The second-order valence-electron chi connectivity index (χ2n) is 4.94. The average Bonchev–Trinajstić information content (AvgIpc) is 2.75. The molecule has 0 aromatic carbocycles. The van der Waals surface area contributed by atoms with Gasteiger partial charge < -0.3 is 14.8 Å². The smallest absolute Gasteiger partial charge is 0.0809 e. The zero-order valence-electron chi connectivity index (χ0n) is 11.0. The summed E-state index contributed by atoms with van der Waals surface area (Å²) in [6.45, 7) is 9.18. The summed E-state index contributed by atoms with van der Waals surface area (Å²) in [6.07, 6.45) is 5.35. The second-order valence-corrected chi connectivity index (χ2v) is 4.94. The van der Waals surface area contributed by atoms with E-state index in [1.54, 1.807) is 0 Å². The molecule has 0 bridgehead atoms. The topological polar surface area (TPSA) is 30.5 Å². The van der Waals surface area contributed by atoms with Crippen molar-refractivity contribution >= 4 is 0 Å². The maximum absolute atomic E-state index is 5.93. The van der Waals surface area contributed by atoms with Gasteiger partial charge in [-0.05, 0) is 19.3 Å². The SMILES string of the molecule is CCCC(CNC(C)C)OCC1CCCO1. The summed E-state index contributed by atoms with van der Waals surface area (Å²) in [5, 5.41) is 3.44. The highest BCUT2D eigenvalue weighted by molar-refractivity contribution is 4.68. The third kappa shape index (κ3) is 5.83. The molecule has 1 fully saturated rings. The van der Waals surface area contributed by atoms with E-state index in [-0.39, 0.29) is 0 Å². The highest BCUT2D eigenvalue weighted by Crippen LogP contribution is 2.13. The van der Waals surface area contributed by atoms with Crippen molar-refractivity contribution < 1.29 is 9.47 Å². The standard InChI is InChI=1S/C13H27NO2/c1-4-6-12(9-14-11(2)3)16-10-13-7-5-8-15-13/h11-14H,4-10H2,1-3H3. The van der Waals surface area contributed by atoms with Crippen molar-refractivity contribution in [3.63, 3.8) is 0 Å². The predicted molar refractivity (Wildman–Crippen MR) is 66.8 cm³/mol. The molecule has 0 amide bonds. The van der Waals surface area contributed by atoms with Crippen LogP contribution in [0.1, 0.15) is 46.5 Å². The normalized spacial score (nSPS) is 22.9. The molecule has 1 N–H and O–H groups in total. The third-order valence-electron chi connectivity index (χ3n) is 2.91. The van der Waals surface area contributed by atoms with E-state index in [9.17, 15) is 0 Å². The van der Waals surface area contributed by atoms with Gasteiger partial charge in [-0.2, -0.15) is 0 Å². The molecule has 1 aliphatic heterocycles. The van der Waals surface area contributed by atoms with Gasteiger partial charge in [0.05, 0.1) is 18.8 Å². The van der Waals surface area contributed by atoms with E-state index in [1.807, 2.05) is 0 Å². The molecular formula is C13H27NO2. The zero-order valence-corrected chi connectivity index (χ0v) is 11.0. The fraction of sp³-hybridized carbons (Fsp3) is 1.00. The molecule has 2 atom stereocenters. The summed E-state index contributed by atoms with van der Waals surface area (Å²) in [6, 6.07) is 0.533. The molecule has 16 heavy (non-hydrogen) atoms. The van der Waals surface area contributed by atoms with Gasteiger partial charge in [-0.15, -0.1) is 0 Å². The van der Waals surface area contributed by atoms with Crippen LogP contribution in [0.4, 0.5) is 0 Å². The van der Waals surface area contributed by atoms with Crippen molar-refractivity contribution in [3.8, 4) is 0 Å². The van der Waals surface area contributed by atoms with E-state index in [1.165, 1.54) is 12.8 Å². The second kappa shape index (κ2) is 8.04. The molecular weight excluding hydrogens is 202 g/mol. The molecule has 2 unspecified atom stereocenters. The summed E-state index contributed by atoms with van der Waals surface area (Å²) in [5.74, 6) is 0. The summed E-state index contributed by atoms with van der Waals surface area (Å²) < 4.78 is 11.5. The molecule has 1 aliphatic rings. The van der Waals surface area contributed by atoms with Crippen molar-refractivity contribution in [3.05, 3.63) is 0 Å². The average molecular weight is 229 g/mol. The first kappa shape index (κ1) is 13.9. The molecule has 3 nitrogen and oxygen atoms in total. The van der Waals surface area contributed by atoms with E-state index in [0.29, 0.717) is 18.2 Å². The first-order valence-electron chi connectivity index (χ1n) is 6.69. The lowest BCUT2D eigenvalue weighted by Crippen LogP contribution is -2.35. The van der Waals surface area contributed by atoms with Gasteiger partial charge in [0.1, 0.15) is 0 Å². The molecule has 0 spiro atoms. The predicted octanol–water partition coefficient (Wildman–Crippen LogP) is 2.35. The Kier molecular flexibility index (Phi) is 7.01. The lowest BCUT2D eigenvalue weighted by Gasteiger charge is -2.21. The lowest BCUT2D eigenvalue weighted by molar-refractivity contribution is -0.0231. The fourth-order valence-electron chi connectivity index (χ4n) is 1.95. The molecule has 1 saturated heterocycles. The molecule has 0 aromatic rings. The molecule has 0 aliphatic carbocycles. The van der Waals surface area contributed by atoms with Crippen LogP contribution in [0.5, 0.6) is 0 Å². The number of rotatable bonds is 8. The van der Waals surface area contributed by atoms with Crippen LogP contribution >= 0.6 is 0 Å². The first-order chi connectivity index (χ1) is 7.72. The van der Waals surface area contributed by atoms with Crippen molar-refractivity contribution in [2.45, 2.75) is 64.7 Å². The zero-order chi connectivity index (χ0) is 11.8. The maximum atomic E-state index is 5.93. The largest absolute Gasteiger partial charge is 0.376 e. The van der Waals surface area contributed by atoms with E-state index < -0.39 is 0 Å². The van der Waals surface area contributed by atoms with Crippen LogP contribution in [0.15, 0.2) is 0 Å². The Labute approximate surface area is 99.9 Å².